The molecule has 5 rings (SSSR count). The van der Waals surface area contributed by atoms with Gasteiger partial charge in [0.15, 0.2) is 5.78 Å². The van der Waals surface area contributed by atoms with Gasteiger partial charge in [0.05, 0.1) is 28.7 Å². The highest BCUT2D eigenvalue weighted by Gasteiger charge is 2.23. The number of aromatic nitrogens is 3. The maximum atomic E-state index is 13.5. The van der Waals surface area contributed by atoms with Crippen LogP contribution < -0.4 is 5.32 Å². The van der Waals surface area contributed by atoms with Gasteiger partial charge in [0, 0.05) is 73.9 Å². The topological polar surface area (TPSA) is 119 Å². The molecule has 0 aliphatic carbocycles. The SMILES string of the molecule is CCCC(=O)c1cnn(-c2ccc(NC(=O)c3cn(CC(=O)N4CCN(CCOC(C)=O)CC4)c4ccc(Cl)cc34)cc2)c1C.Cl. The summed E-state index contributed by atoms with van der Waals surface area (Å²) in [6, 6.07) is 12.5. The Morgan fingerprint density at radius 1 is 1.00 bits per heavy atom. The molecule has 4 aromatic rings. The third-order valence-corrected chi connectivity index (χ3v) is 8.22. The van der Waals surface area contributed by atoms with Crippen LogP contribution in [0.4, 0.5) is 5.69 Å². The third kappa shape index (κ3) is 7.96. The van der Waals surface area contributed by atoms with Crippen molar-refractivity contribution < 1.29 is 23.9 Å². The van der Waals surface area contributed by atoms with Gasteiger partial charge in [-0.3, -0.25) is 24.1 Å². The molecule has 0 unspecified atom stereocenters. The fraction of sp³-hybridized carbons (Fsp3) is 0.364. The van der Waals surface area contributed by atoms with E-state index in [1.807, 2.05) is 36.9 Å². The Hall–Kier alpha value is -4.19. The van der Waals surface area contributed by atoms with Crippen molar-refractivity contribution in [1.29, 1.82) is 0 Å². The maximum Gasteiger partial charge on any atom is 0.302 e. The predicted octanol–water partition coefficient (Wildman–Crippen LogP) is 5.15. The molecule has 1 aliphatic heterocycles. The first-order valence-electron chi connectivity index (χ1n) is 15.1. The van der Waals surface area contributed by atoms with E-state index >= 15 is 0 Å². The summed E-state index contributed by atoms with van der Waals surface area (Å²) in [4.78, 5) is 54.1. The number of ether oxygens (including phenoxy) is 1. The van der Waals surface area contributed by atoms with Crippen LogP contribution in [0.5, 0.6) is 0 Å². The monoisotopic (exact) mass is 668 g/mol. The average Bonchev–Trinajstić information content (AvgIpc) is 3.57. The highest BCUT2D eigenvalue weighted by atomic mass is 35.5. The molecular weight excluding hydrogens is 631 g/mol. The summed E-state index contributed by atoms with van der Waals surface area (Å²) in [6.45, 7) is 8.81. The van der Waals surface area contributed by atoms with E-state index in [4.69, 9.17) is 16.3 Å². The Morgan fingerprint density at radius 3 is 2.39 bits per heavy atom. The van der Waals surface area contributed by atoms with Crippen LogP contribution in [-0.2, 0) is 20.9 Å². The minimum Gasteiger partial charge on any atom is -0.465 e. The molecule has 0 saturated carbocycles. The van der Waals surface area contributed by atoms with Crippen molar-refractivity contribution >= 4 is 64.2 Å². The Bertz CT molecular complexity index is 1720. The molecule has 1 fully saturated rings. The van der Waals surface area contributed by atoms with Gasteiger partial charge in [0.2, 0.25) is 5.91 Å². The van der Waals surface area contributed by atoms with Crippen molar-refractivity contribution in [2.45, 2.75) is 40.2 Å². The van der Waals surface area contributed by atoms with Gasteiger partial charge >= 0.3 is 5.97 Å². The smallest absolute Gasteiger partial charge is 0.302 e. The number of carbonyl (C=O) groups excluding carboxylic acids is 4. The molecule has 244 valence electrons. The van der Waals surface area contributed by atoms with E-state index < -0.39 is 0 Å². The van der Waals surface area contributed by atoms with Crippen LogP contribution in [-0.4, -0.2) is 87.0 Å². The lowest BCUT2D eigenvalue weighted by molar-refractivity contribution is -0.141. The number of esters is 1. The molecule has 2 amide bonds. The molecule has 0 atom stereocenters. The highest BCUT2D eigenvalue weighted by Crippen LogP contribution is 2.27. The Kier molecular flexibility index (Phi) is 11.6. The average molecular weight is 670 g/mol. The number of benzene rings is 2. The number of nitrogens with zero attached hydrogens (tertiary/aromatic N) is 5. The molecular formula is C33H38Cl2N6O5. The molecule has 13 heteroatoms. The van der Waals surface area contributed by atoms with Crippen molar-refractivity contribution in [3.8, 4) is 5.69 Å². The Labute approximate surface area is 278 Å². The molecule has 1 aliphatic rings. The van der Waals surface area contributed by atoms with Gasteiger partial charge in [-0.05, 0) is 55.8 Å². The quantitative estimate of drug-likeness (QED) is 0.173. The number of amides is 2. The lowest BCUT2D eigenvalue weighted by atomic mass is 10.1. The number of piperazine rings is 1. The normalized spacial score (nSPS) is 13.3. The number of nitrogens with one attached hydrogen (secondary N) is 1. The van der Waals surface area contributed by atoms with E-state index in [2.05, 4.69) is 15.3 Å². The number of Topliss-reactive ketones (excluding diaryl/α,β-unsaturated/α-hetero) is 1. The fourth-order valence-electron chi connectivity index (χ4n) is 5.56. The fourth-order valence-corrected chi connectivity index (χ4v) is 5.73. The molecule has 2 aromatic carbocycles. The lowest BCUT2D eigenvalue weighted by Crippen LogP contribution is -2.50. The van der Waals surface area contributed by atoms with Gasteiger partial charge in [-0.15, -0.1) is 12.4 Å². The summed E-state index contributed by atoms with van der Waals surface area (Å²) < 4.78 is 8.53. The minimum absolute atomic E-state index is 0. The standard InChI is InChI=1S/C33H37ClN6O5.ClH/c1-4-5-31(42)28-19-35-40(22(28)2)26-9-7-25(8-10-26)36-33(44)29-20-39(30-11-6-24(34)18-27(29)30)21-32(43)38-14-12-37(13-15-38)16-17-45-23(3)41;/h6-11,18-20H,4-5,12-17,21H2,1-3H3,(H,36,44);1H. The van der Waals surface area contributed by atoms with Crippen LogP contribution in [0.2, 0.25) is 5.02 Å². The molecule has 0 spiro atoms. The summed E-state index contributed by atoms with van der Waals surface area (Å²) in [5.74, 6) is -0.601. The zero-order valence-electron chi connectivity index (χ0n) is 26.1. The van der Waals surface area contributed by atoms with Crippen molar-refractivity contribution in [2.24, 2.45) is 0 Å². The number of anilines is 1. The van der Waals surface area contributed by atoms with E-state index in [1.54, 1.807) is 45.9 Å². The van der Waals surface area contributed by atoms with E-state index in [0.29, 0.717) is 73.0 Å². The zero-order chi connectivity index (χ0) is 32.1. The second-order valence-electron chi connectivity index (χ2n) is 11.1. The van der Waals surface area contributed by atoms with Crippen LogP contribution in [0.25, 0.3) is 16.6 Å². The molecule has 2 aromatic heterocycles. The number of hydrogen-bond donors (Lipinski definition) is 1. The van der Waals surface area contributed by atoms with Crippen LogP contribution in [0.1, 0.15) is 53.1 Å². The van der Waals surface area contributed by atoms with Crippen LogP contribution in [0.15, 0.2) is 54.9 Å². The number of ketones is 1. The number of rotatable bonds is 11. The van der Waals surface area contributed by atoms with E-state index in [-0.39, 0.29) is 42.5 Å². The second kappa shape index (κ2) is 15.4. The van der Waals surface area contributed by atoms with Gasteiger partial charge in [0.25, 0.3) is 5.91 Å². The Balaban J connectivity index is 0.00000480. The first kappa shape index (κ1) is 34.7. The summed E-state index contributed by atoms with van der Waals surface area (Å²) in [6.07, 6.45) is 4.55. The van der Waals surface area contributed by atoms with Gasteiger partial charge in [-0.25, -0.2) is 4.68 Å². The summed E-state index contributed by atoms with van der Waals surface area (Å²) in [5, 5.41) is 8.48. The van der Waals surface area contributed by atoms with Crippen LogP contribution in [0, 0.1) is 6.92 Å². The summed E-state index contributed by atoms with van der Waals surface area (Å²) >= 11 is 6.31. The van der Waals surface area contributed by atoms with Crippen molar-refractivity contribution in [1.82, 2.24) is 24.1 Å². The Morgan fingerprint density at radius 2 is 1.72 bits per heavy atom. The zero-order valence-corrected chi connectivity index (χ0v) is 27.7. The molecule has 1 N–H and O–H groups in total. The highest BCUT2D eigenvalue weighted by molar-refractivity contribution is 6.31. The maximum absolute atomic E-state index is 13.5. The van der Waals surface area contributed by atoms with Crippen LogP contribution >= 0.6 is 24.0 Å². The minimum atomic E-state index is -0.328. The van der Waals surface area contributed by atoms with Gasteiger partial charge in [-0.2, -0.15) is 5.10 Å². The van der Waals surface area contributed by atoms with E-state index in [0.717, 1.165) is 23.3 Å². The van der Waals surface area contributed by atoms with Crippen molar-refractivity contribution in [2.75, 3.05) is 44.6 Å². The number of fused-ring (bicyclic) bond motifs is 1. The van der Waals surface area contributed by atoms with Crippen molar-refractivity contribution in [3.63, 3.8) is 0 Å². The van der Waals surface area contributed by atoms with Gasteiger partial charge in [-0.1, -0.05) is 18.5 Å². The molecule has 3 heterocycles. The lowest BCUT2D eigenvalue weighted by Gasteiger charge is -2.34. The second-order valence-corrected chi connectivity index (χ2v) is 11.6. The van der Waals surface area contributed by atoms with E-state index in [9.17, 15) is 19.2 Å². The number of carbonyl (C=O) groups is 4. The summed E-state index contributed by atoms with van der Waals surface area (Å²) in [7, 11) is 0. The van der Waals surface area contributed by atoms with Crippen molar-refractivity contribution in [3.05, 3.63) is 76.7 Å². The predicted molar refractivity (Wildman–Crippen MR) is 179 cm³/mol. The first-order valence-corrected chi connectivity index (χ1v) is 15.4. The number of halogens is 2. The van der Waals surface area contributed by atoms with E-state index in [1.165, 1.54) is 6.92 Å². The molecule has 0 bridgehead atoms. The third-order valence-electron chi connectivity index (χ3n) is 7.99. The largest absolute Gasteiger partial charge is 0.465 e. The van der Waals surface area contributed by atoms with Gasteiger partial charge in [0.1, 0.15) is 13.2 Å². The molecule has 11 nitrogen and oxygen atoms in total. The molecule has 46 heavy (non-hydrogen) atoms. The van der Waals surface area contributed by atoms with Crippen LogP contribution in [0.3, 0.4) is 0 Å². The number of hydrogen-bond acceptors (Lipinski definition) is 7. The van der Waals surface area contributed by atoms with Gasteiger partial charge < -0.3 is 19.5 Å². The molecule has 0 radical (unpaired) electrons. The summed E-state index contributed by atoms with van der Waals surface area (Å²) in [5.41, 5.74) is 3.87. The first-order chi connectivity index (χ1) is 21.6. The molecule has 1 saturated heterocycles.